The van der Waals surface area contributed by atoms with Gasteiger partial charge in [0.05, 0.1) is 6.10 Å². The zero-order chi connectivity index (χ0) is 14.3. The number of ether oxygens (including phenoxy) is 1. The molecule has 2 aromatic rings. The predicted molar refractivity (Wildman–Crippen MR) is 73.4 cm³/mol. The van der Waals surface area contributed by atoms with E-state index in [4.69, 9.17) is 4.74 Å². The van der Waals surface area contributed by atoms with Crippen LogP contribution in [0, 0.1) is 11.6 Å². The molecule has 20 heavy (non-hydrogen) atoms. The standard InChI is InChI=1S/C15H11BrF2O2/c16-12-5-8(17)1-3-10(12)15-7-13(19)11-4-2-9(18)6-14(11)20-15/h1-6,13,15,19H,7H2. The lowest BCUT2D eigenvalue weighted by atomic mass is 9.95. The molecule has 0 spiro atoms. The molecule has 0 aliphatic carbocycles. The Balaban J connectivity index is 1.98. The first-order valence-electron chi connectivity index (χ1n) is 6.13. The van der Waals surface area contributed by atoms with Gasteiger partial charge in [-0.05, 0) is 24.3 Å². The highest BCUT2D eigenvalue weighted by Crippen LogP contribution is 2.42. The second kappa shape index (κ2) is 5.14. The van der Waals surface area contributed by atoms with Crippen LogP contribution in [0.15, 0.2) is 40.9 Å². The molecule has 3 rings (SSSR count). The summed E-state index contributed by atoms with van der Waals surface area (Å²) in [5, 5.41) is 10.1. The van der Waals surface area contributed by atoms with Gasteiger partial charge in [-0.15, -0.1) is 0 Å². The maximum absolute atomic E-state index is 13.3. The molecule has 1 aliphatic rings. The molecule has 0 fully saturated rings. The molecule has 1 aliphatic heterocycles. The van der Waals surface area contributed by atoms with Crippen LogP contribution in [0.25, 0.3) is 0 Å². The molecule has 5 heteroatoms. The third-order valence-electron chi connectivity index (χ3n) is 3.35. The smallest absolute Gasteiger partial charge is 0.128 e. The Kier molecular flexibility index (Phi) is 3.48. The molecule has 2 atom stereocenters. The van der Waals surface area contributed by atoms with Crippen LogP contribution in [0.3, 0.4) is 0 Å². The minimum Gasteiger partial charge on any atom is -0.485 e. The van der Waals surface area contributed by atoms with Gasteiger partial charge < -0.3 is 9.84 Å². The molecule has 1 heterocycles. The Morgan fingerprint density at radius 2 is 1.70 bits per heavy atom. The first kappa shape index (κ1) is 13.5. The lowest BCUT2D eigenvalue weighted by Crippen LogP contribution is -2.19. The molecule has 0 radical (unpaired) electrons. The second-order valence-corrected chi connectivity index (χ2v) is 5.56. The average molecular weight is 341 g/mol. The highest BCUT2D eigenvalue weighted by molar-refractivity contribution is 9.10. The van der Waals surface area contributed by atoms with E-state index < -0.39 is 18.0 Å². The number of fused-ring (bicyclic) bond motifs is 1. The normalized spacial score (nSPS) is 21.2. The summed E-state index contributed by atoms with van der Waals surface area (Å²) in [6.45, 7) is 0. The SMILES string of the molecule is OC1CC(c2ccc(F)cc2Br)Oc2cc(F)ccc21. The Morgan fingerprint density at radius 3 is 2.40 bits per heavy atom. The van der Waals surface area contributed by atoms with Crippen molar-refractivity contribution in [1.82, 2.24) is 0 Å². The summed E-state index contributed by atoms with van der Waals surface area (Å²) >= 11 is 3.28. The Labute approximate surface area is 123 Å². The molecule has 104 valence electrons. The molecule has 2 unspecified atom stereocenters. The first-order chi connectivity index (χ1) is 9.54. The quantitative estimate of drug-likeness (QED) is 0.839. The largest absolute Gasteiger partial charge is 0.485 e. The fourth-order valence-corrected chi connectivity index (χ4v) is 2.98. The monoisotopic (exact) mass is 340 g/mol. The number of benzene rings is 2. The Morgan fingerprint density at radius 1 is 1.05 bits per heavy atom. The lowest BCUT2D eigenvalue weighted by Gasteiger charge is -2.30. The molecule has 0 aromatic heterocycles. The highest BCUT2D eigenvalue weighted by atomic mass is 79.9. The van der Waals surface area contributed by atoms with Crippen molar-refractivity contribution in [3.8, 4) is 5.75 Å². The van der Waals surface area contributed by atoms with Gasteiger partial charge in [-0.2, -0.15) is 0 Å². The van der Waals surface area contributed by atoms with Crippen LogP contribution in [0.4, 0.5) is 8.78 Å². The molecular weight excluding hydrogens is 330 g/mol. The van der Waals surface area contributed by atoms with Crippen molar-refractivity contribution in [3.05, 3.63) is 63.6 Å². The first-order valence-corrected chi connectivity index (χ1v) is 6.93. The minimum atomic E-state index is -0.735. The van der Waals surface area contributed by atoms with Crippen molar-refractivity contribution in [1.29, 1.82) is 0 Å². The van der Waals surface area contributed by atoms with E-state index in [0.29, 0.717) is 22.2 Å². The second-order valence-electron chi connectivity index (χ2n) is 4.71. The number of hydrogen-bond acceptors (Lipinski definition) is 2. The van der Waals surface area contributed by atoms with Gasteiger partial charge in [0.2, 0.25) is 0 Å². The summed E-state index contributed by atoms with van der Waals surface area (Å²) in [6.07, 6.45) is -0.848. The summed E-state index contributed by atoms with van der Waals surface area (Å²) in [7, 11) is 0. The van der Waals surface area contributed by atoms with Crippen LogP contribution in [0.2, 0.25) is 0 Å². The number of aliphatic hydroxyl groups is 1. The average Bonchev–Trinajstić information content (AvgIpc) is 2.37. The van der Waals surface area contributed by atoms with Crippen LogP contribution in [0.1, 0.15) is 29.8 Å². The molecule has 2 nitrogen and oxygen atoms in total. The van der Waals surface area contributed by atoms with E-state index >= 15 is 0 Å². The van der Waals surface area contributed by atoms with Crippen molar-refractivity contribution >= 4 is 15.9 Å². The zero-order valence-electron chi connectivity index (χ0n) is 10.3. The van der Waals surface area contributed by atoms with Crippen LogP contribution >= 0.6 is 15.9 Å². The van der Waals surface area contributed by atoms with E-state index in [2.05, 4.69) is 15.9 Å². The topological polar surface area (TPSA) is 29.5 Å². The summed E-state index contributed by atoms with van der Waals surface area (Å²) < 4.78 is 32.7. The molecule has 0 bridgehead atoms. The van der Waals surface area contributed by atoms with E-state index in [9.17, 15) is 13.9 Å². The van der Waals surface area contributed by atoms with Gasteiger partial charge in [-0.25, -0.2) is 8.78 Å². The zero-order valence-corrected chi connectivity index (χ0v) is 11.9. The van der Waals surface area contributed by atoms with Crippen molar-refractivity contribution in [2.45, 2.75) is 18.6 Å². The summed E-state index contributed by atoms with van der Waals surface area (Å²) in [6, 6.07) is 8.33. The number of hydrogen-bond donors (Lipinski definition) is 1. The molecule has 2 aromatic carbocycles. The van der Waals surface area contributed by atoms with Crippen LogP contribution in [0.5, 0.6) is 5.75 Å². The molecular formula is C15H11BrF2O2. The molecule has 1 N–H and O–H groups in total. The van der Waals surface area contributed by atoms with E-state index in [0.717, 1.165) is 5.56 Å². The van der Waals surface area contributed by atoms with Gasteiger partial charge in [0.25, 0.3) is 0 Å². The van der Waals surface area contributed by atoms with Gasteiger partial charge in [0.15, 0.2) is 0 Å². The Bertz CT molecular complexity index is 660. The van der Waals surface area contributed by atoms with E-state index in [1.165, 1.54) is 30.3 Å². The van der Waals surface area contributed by atoms with E-state index in [-0.39, 0.29) is 5.82 Å². The van der Waals surface area contributed by atoms with E-state index in [1.807, 2.05) is 0 Å². The van der Waals surface area contributed by atoms with Crippen molar-refractivity contribution in [2.75, 3.05) is 0 Å². The minimum absolute atomic E-state index is 0.324. The van der Waals surface area contributed by atoms with Gasteiger partial charge in [-0.3, -0.25) is 0 Å². The summed E-state index contributed by atoms with van der Waals surface area (Å²) in [5.41, 5.74) is 1.29. The fourth-order valence-electron chi connectivity index (χ4n) is 2.37. The van der Waals surface area contributed by atoms with Crippen molar-refractivity contribution in [2.24, 2.45) is 0 Å². The number of rotatable bonds is 1. The maximum Gasteiger partial charge on any atom is 0.128 e. The third kappa shape index (κ3) is 2.43. The van der Waals surface area contributed by atoms with Gasteiger partial charge >= 0.3 is 0 Å². The maximum atomic E-state index is 13.3. The van der Waals surface area contributed by atoms with Gasteiger partial charge in [0.1, 0.15) is 23.5 Å². The van der Waals surface area contributed by atoms with Crippen molar-refractivity contribution < 1.29 is 18.6 Å². The van der Waals surface area contributed by atoms with Crippen LogP contribution in [-0.4, -0.2) is 5.11 Å². The summed E-state index contributed by atoms with van der Waals surface area (Å²) in [4.78, 5) is 0. The molecule has 0 amide bonds. The van der Waals surface area contributed by atoms with Gasteiger partial charge in [0, 0.05) is 28.1 Å². The Hall–Kier alpha value is -1.46. The fraction of sp³-hybridized carbons (Fsp3) is 0.200. The van der Waals surface area contributed by atoms with Gasteiger partial charge in [-0.1, -0.05) is 22.0 Å². The number of halogens is 3. The third-order valence-corrected chi connectivity index (χ3v) is 4.04. The lowest BCUT2D eigenvalue weighted by molar-refractivity contribution is 0.0650. The van der Waals surface area contributed by atoms with Crippen LogP contribution < -0.4 is 4.74 Å². The predicted octanol–water partition coefficient (Wildman–Crippen LogP) is 4.28. The number of aliphatic hydroxyl groups excluding tert-OH is 1. The molecule has 0 saturated heterocycles. The summed E-state index contributed by atoms with van der Waals surface area (Å²) in [5.74, 6) is -0.455. The molecule has 0 saturated carbocycles. The highest BCUT2D eigenvalue weighted by Gasteiger charge is 2.29. The van der Waals surface area contributed by atoms with Crippen molar-refractivity contribution in [3.63, 3.8) is 0 Å². The van der Waals surface area contributed by atoms with Crippen LogP contribution in [-0.2, 0) is 0 Å². The van der Waals surface area contributed by atoms with E-state index in [1.54, 1.807) is 6.07 Å².